The third-order valence-electron chi connectivity index (χ3n) is 11.0. The Balaban J connectivity index is 1.16. The van der Waals surface area contributed by atoms with Crippen molar-refractivity contribution in [2.45, 2.75) is 0 Å². The topological polar surface area (TPSA) is 95.4 Å². The Morgan fingerprint density at radius 1 is 0.371 bits per heavy atom. The van der Waals surface area contributed by atoms with Crippen molar-refractivity contribution in [1.29, 1.82) is 0 Å². The van der Waals surface area contributed by atoms with Crippen molar-refractivity contribution in [2.75, 3.05) is 0 Å². The predicted molar refractivity (Wildman–Crippen MR) is 247 cm³/mol. The van der Waals surface area contributed by atoms with Crippen molar-refractivity contribution in [3.63, 3.8) is 0 Å². The first kappa shape index (κ1) is 30.4. The number of para-hydroxylation sites is 4. The van der Waals surface area contributed by atoms with Gasteiger partial charge in [-0.05, 0) is 42.5 Å². The van der Waals surface area contributed by atoms with Crippen LogP contribution in [0.4, 0.5) is 0 Å². The van der Waals surface area contributed by atoms with Crippen LogP contribution in [0.1, 0.15) is 6.85 Å². The number of aromatic nitrogens is 7. The molecular formula is C54H33N7O. The second-order valence-electron chi connectivity index (χ2n) is 14.7. The first-order valence-corrected chi connectivity index (χ1v) is 20.0. The minimum Gasteiger partial charge on any atom is -0.455 e. The molecule has 0 aliphatic rings. The molecule has 12 aromatic rings. The Kier molecular flexibility index (Phi) is 7.16. The number of hydrogen-bond donors (Lipinski definition) is 0. The molecule has 4 heterocycles. The Hall–Kier alpha value is -8.62. The molecule has 0 aliphatic heterocycles. The molecule has 8 heteroatoms. The van der Waals surface area contributed by atoms with Crippen molar-refractivity contribution in [3.8, 4) is 74.0 Å². The molecule has 0 saturated heterocycles. The molecule has 0 aliphatic carbocycles. The first-order chi connectivity index (χ1) is 32.8. The van der Waals surface area contributed by atoms with Crippen molar-refractivity contribution in [1.82, 2.24) is 34.5 Å². The summed E-state index contributed by atoms with van der Waals surface area (Å²) < 4.78 is 52.0. The maximum atomic E-state index is 8.96. The highest BCUT2D eigenvalue weighted by atomic mass is 16.3. The molecule has 0 radical (unpaired) electrons. The van der Waals surface area contributed by atoms with E-state index < -0.39 is 30.2 Å². The molecule has 0 unspecified atom stereocenters. The van der Waals surface area contributed by atoms with Crippen LogP contribution >= 0.6 is 0 Å². The maximum Gasteiger partial charge on any atom is 0.167 e. The van der Waals surface area contributed by atoms with E-state index in [-0.39, 0.29) is 23.0 Å². The molecule has 0 bridgehead atoms. The molecule has 0 atom stereocenters. The second kappa shape index (κ2) is 14.6. The highest BCUT2D eigenvalue weighted by molar-refractivity contribution is 6.10. The van der Waals surface area contributed by atoms with E-state index in [0.29, 0.717) is 51.0 Å². The van der Waals surface area contributed by atoms with Gasteiger partial charge in [0.05, 0.1) is 29.1 Å². The average Bonchev–Trinajstić information content (AvgIpc) is 3.94. The summed E-state index contributed by atoms with van der Waals surface area (Å²) in [6, 6.07) is 52.8. The third-order valence-corrected chi connectivity index (χ3v) is 11.0. The largest absolute Gasteiger partial charge is 0.455 e. The summed E-state index contributed by atoms with van der Waals surface area (Å²) in [6.07, 6.45) is 0. The molecule has 0 fully saturated rings. The quantitative estimate of drug-likeness (QED) is 0.158. The zero-order chi connectivity index (χ0) is 45.3. The van der Waals surface area contributed by atoms with Crippen LogP contribution in [0.25, 0.3) is 118 Å². The minimum atomic E-state index is -0.513. The summed E-state index contributed by atoms with van der Waals surface area (Å²) in [5.74, 6) is 1.60. The Morgan fingerprint density at radius 3 is 1.52 bits per heavy atom. The van der Waals surface area contributed by atoms with Gasteiger partial charge in [-0.25, -0.2) is 29.9 Å². The highest BCUT2D eigenvalue weighted by Gasteiger charge is 2.23. The van der Waals surface area contributed by atoms with Gasteiger partial charge in [-0.15, -0.1) is 0 Å². The van der Waals surface area contributed by atoms with E-state index in [1.807, 2.05) is 146 Å². The van der Waals surface area contributed by atoms with Gasteiger partial charge >= 0.3 is 0 Å². The fourth-order valence-corrected chi connectivity index (χ4v) is 8.18. The number of hydrogen-bond acceptors (Lipinski definition) is 7. The van der Waals surface area contributed by atoms with Crippen LogP contribution in [0.5, 0.6) is 0 Å². The first-order valence-electron chi connectivity index (χ1n) is 22.5. The zero-order valence-electron chi connectivity index (χ0n) is 37.7. The van der Waals surface area contributed by atoms with E-state index in [1.165, 1.54) is 0 Å². The molecule has 0 N–H and O–H groups in total. The van der Waals surface area contributed by atoms with Gasteiger partial charge in [0.15, 0.2) is 34.9 Å². The van der Waals surface area contributed by atoms with Crippen LogP contribution < -0.4 is 0 Å². The fraction of sp³-hybridized carbons (Fsp3) is 0. The number of fused-ring (bicyclic) bond motifs is 6. The fourth-order valence-electron chi connectivity index (χ4n) is 8.18. The molecule has 290 valence electrons. The molecule has 62 heavy (non-hydrogen) atoms. The molecule has 0 amide bonds. The van der Waals surface area contributed by atoms with Crippen molar-refractivity contribution in [3.05, 3.63) is 200 Å². The molecule has 0 spiro atoms. The normalized spacial score (nSPS) is 12.7. The smallest absolute Gasteiger partial charge is 0.167 e. The van der Waals surface area contributed by atoms with Crippen LogP contribution in [0, 0.1) is 0 Å². The lowest BCUT2D eigenvalue weighted by Gasteiger charge is -2.16. The Morgan fingerprint density at radius 2 is 0.871 bits per heavy atom. The second-order valence-corrected chi connectivity index (χ2v) is 14.7. The summed E-state index contributed by atoms with van der Waals surface area (Å²) >= 11 is 0. The number of rotatable bonds is 7. The molecule has 12 rings (SSSR count). The van der Waals surface area contributed by atoms with Gasteiger partial charge < -0.3 is 8.98 Å². The van der Waals surface area contributed by atoms with E-state index in [1.54, 1.807) is 0 Å². The molecule has 8 nitrogen and oxygen atoms in total. The lowest BCUT2D eigenvalue weighted by atomic mass is 10.0. The van der Waals surface area contributed by atoms with Gasteiger partial charge in [-0.1, -0.05) is 158 Å². The minimum absolute atomic E-state index is 0.0767. The molecule has 4 aromatic heterocycles. The molecule has 8 aromatic carbocycles. The SMILES string of the molecule is [2H]c1c([2H])c([2H])c(-c2nc(-c3ccccc3)nc(-c3cc(-c4nc(-c5ccccc5)nc(-c5cccc6c5oc5ccccc56)n4)ccc3-n3c4ccccc4c4ccccc43)n2)c([2H])c1[2H]. The van der Waals surface area contributed by atoms with Gasteiger partial charge in [-0.2, -0.15) is 0 Å². The maximum absolute atomic E-state index is 8.96. The summed E-state index contributed by atoms with van der Waals surface area (Å²) in [4.78, 5) is 30.3. The standard InChI is InChI=1S/C54H33N7O/c1-4-17-34(18-5-1)49-55-50(35-19-6-2-7-20-35)59-54(58-49)43-33-37(31-32-46(43)61-44-28-13-10-23-38(44)39-24-11-14-29-45(39)61)52-56-51(36-21-8-3-9-22-36)57-53(60-52)42-27-16-26-41-40-25-12-15-30-47(40)62-48(41)42/h1-33H/i1D,4D,5D,17D,18D. The van der Waals surface area contributed by atoms with E-state index in [2.05, 4.69) is 28.8 Å². The van der Waals surface area contributed by atoms with Crippen LogP contribution in [0.15, 0.2) is 204 Å². The summed E-state index contributed by atoms with van der Waals surface area (Å²) in [7, 11) is 0. The monoisotopic (exact) mass is 800 g/mol. The summed E-state index contributed by atoms with van der Waals surface area (Å²) in [5, 5.41) is 4.01. The lowest BCUT2D eigenvalue weighted by molar-refractivity contribution is 0.669. The summed E-state index contributed by atoms with van der Waals surface area (Å²) in [6.45, 7) is 0. The van der Waals surface area contributed by atoms with E-state index in [9.17, 15) is 0 Å². The third kappa shape index (κ3) is 6.00. The molecular weight excluding hydrogens is 763 g/mol. The van der Waals surface area contributed by atoms with Gasteiger partial charge in [0, 0.05) is 49.4 Å². The van der Waals surface area contributed by atoms with Crippen LogP contribution in [0.3, 0.4) is 0 Å². The van der Waals surface area contributed by atoms with Crippen LogP contribution in [-0.2, 0) is 0 Å². The van der Waals surface area contributed by atoms with Gasteiger partial charge in [0.1, 0.15) is 11.2 Å². The van der Waals surface area contributed by atoms with Crippen molar-refractivity contribution < 1.29 is 11.3 Å². The highest BCUT2D eigenvalue weighted by Crippen LogP contribution is 2.39. The Bertz CT molecular complexity index is 3870. The van der Waals surface area contributed by atoms with E-state index >= 15 is 0 Å². The van der Waals surface area contributed by atoms with Crippen molar-refractivity contribution >= 4 is 43.7 Å². The van der Waals surface area contributed by atoms with Crippen molar-refractivity contribution in [2.24, 2.45) is 0 Å². The predicted octanol–water partition coefficient (Wildman–Crippen LogP) is 13.1. The van der Waals surface area contributed by atoms with Crippen LogP contribution in [0.2, 0.25) is 0 Å². The number of furan rings is 1. The van der Waals surface area contributed by atoms with Gasteiger partial charge in [0.2, 0.25) is 0 Å². The number of nitrogens with zero attached hydrogens (tertiary/aromatic N) is 7. The molecule has 0 saturated carbocycles. The van der Waals surface area contributed by atoms with Gasteiger partial charge in [-0.3, -0.25) is 0 Å². The average molecular weight is 801 g/mol. The summed E-state index contributed by atoms with van der Waals surface area (Å²) in [5.41, 5.74) is 7.14. The zero-order valence-corrected chi connectivity index (χ0v) is 32.7. The van der Waals surface area contributed by atoms with Gasteiger partial charge in [0.25, 0.3) is 0 Å². The number of benzene rings is 8. The van der Waals surface area contributed by atoms with E-state index in [0.717, 1.165) is 43.7 Å². The van der Waals surface area contributed by atoms with E-state index in [4.69, 9.17) is 41.2 Å². The Labute approximate surface area is 362 Å². The lowest BCUT2D eigenvalue weighted by Crippen LogP contribution is -2.05. The van der Waals surface area contributed by atoms with Crippen LogP contribution in [-0.4, -0.2) is 34.5 Å².